The molecule has 2 amide bonds. The highest BCUT2D eigenvalue weighted by atomic mass is 32.1. The molecule has 0 aliphatic heterocycles. The molecule has 2 rings (SSSR count). The van der Waals surface area contributed by atoms with Crippen molar-refractivity contribution < 1.29 is 9.59 Å². The number of anilines is 1. The third kappa shape index (κ3) is 5.75. The van der Waals surface area contributed by atoms with Gasteiger partial charge in [-0.2, -0.15) is 0 Å². The van der Waals surface area contributed by atoms with Crippen molar-refractivity contribution in [1.29, 1.82) is 0 Å². The average Bonchev–Trinajstić information content (AvgIpc) is 2.90. The molecule has 7 heteroatoms. The quantitative estimate of drug-likeness (QED) is 0.480. The Hall–Kier alpha value is -1.47. The SMILES string of the molecule is CCCCCC(=O)NC(=S)Nc1sc2c(c1C(N)=O)CC[C@@H](C(C)(C)C)C2. The summed E-state index contributed by atoms with van der Waals surface area (Å²) in [5.41, 5.74) is 7.47. The number of rotatable bonds is 6. The second kappa shape index (κ2) is 9.15. The first-order valence-corrected chi connectivity index (χ1v) is 10.9. The van der Waals surface area contributed by atoms with Crippen LogP contribution >= 0.6 is 23.6 Å². The smallest absolute Gasteiger partial charge is 0.251 e. The molecule has 4 N–H and O–H groups in total. The summed E-state index contributed by atoms with van der Waals surface area (Å²) in [7, 11) is 0. The van der Waals surface area contributed by atoms with Crippen LogP contribution in [0.5, 0.6) is 0 Å². The monoisotopic (exact) mass is 409 g/mol. The van der Waals surface area contributed by atoms with Gasteiger partial charge >= 0.3 is 0 Å². The van der Waals surface area contributed by atoms with Crippen molar-refractivity contribution in [2.75, 3.05) is 5.32 Å². The number of primary amides is 1. The van der Waals surface area contributed by atoms with E-state index < -0.39 is 5.91 Å². The van der Waals surface area contributed by atoms with Gasteiger partial charge in [-0.15, -0.1) is 11.3 Å². The van der Waals surface area contributed by atoms with Gasteiger partial charge in [0, 0.05) is 11.3 Å². The normalized spacial score (nSPS) is 16.5. The highest BCUT2D eigenvalue weighted by Gasteiger charge is 2.33. The van der Waals surface area contributed by atoms with Crippen LogP contribution in [0.15, 0.2) is 0 Å². The van der Waals surface area contributed by atoms with Crippen LogP contribution in [0.25, 0.3) is 0 Å². The summed E-state index contributed by atoms with van der Waals surface area (Å²) in [6.07, 6.45) is 6.23. The largest absolute Gasteiger partial charge is 0.365 e. The van der Waals surface area contributed by atoms with E-state index in [2.05, 4.69) is 38.3 Å². The van der Waals surface area contributed by atoms with E-state index in [-0.39, 0.29) is 16.4 Å². The van der Waals surface area contributed by atoms with Crippen molar-refractivity contribution in [2.45, 2.75) is 72.6 Å². The van der Waals surface area contributed by atoms with Gasteiger partial charge in [0.25, 0.3) is 5.91 Å². The lowest BCUT2D eigenvalue weighted by Gasteiger charge is -2.33. The predicted octanol–water partition coefficient (Wildman–Crippen LogP) is 4.39. The van der Waals surface area contributed by atoms with Crippen molar-refractivity contribution in [2.24, 2.45) is 17.1 Å². The maximum Gasteiger partial charge on any atom is 0.251 e. The average molecular weight is 410 g/mol. The highest BCUT2D eigenvalue weighted by molar-refractivity contribution is 7.80. The summed E-state index contributed by atoms with van der Waals surface area (Å²) in [6, 6.07) is 0. The lowest BCUT2D eigenvalue weighted by atomic mass is 9.72. The van der Waals surface area contributed by atoms with Gasteiger partial charge in [-0.05, 0) is 54.8 Å². The molecule has 0 saturated carbocycles. The number of thiocarbonyl (C=S) groups is 1. The van der Waals surface area contributed by atoms with E-state index in [0.29, 0.717) is 22.9 Å². The number of hydrogen-bond donors (Lipinski definition) is 3. The van der Waals surface area contributed by atoms with Crippen LogP contribution < -0.4 is 16.4 Å². The first kappa shape index (κ1) is 21.8. The molecule has 150 valence electrons. The van der Waals surface area contributed by atoms with Crippen LogP contribution in [0.1, 0.15) is 80.6 Å². The molecule has 1 heterocycles. The Bertz CT molecular complexity index is 720. The van der Waals surface area contributed by atoms with Gasteiger partial charge in [0.1, 0.15) is 5.00 Å². The summed E-state index contributed by atoms with van der Waals surface area (Å²) in [6.45, 7) is 8.87. The van der Waals surface area contributed by atoms with Crippen LogP contribution in [0.2, 0.25) is 0 Å². The van der Waals surface area contributed by atoms with Gasteiger partial charge in [-0.1, -0.05) is 40.5 Å². The van der Waals surface area contributed by atoms with Gasteiger partial charge < -0.3 is 16.4 Å². The second-order valence-corrected chi connectivity index (χ2v) is 9.85. The molecule has 0 aromatic carbocycles. The number of unbranched alkanes of at least 4 members (excludes halogenated alkanes) is 2. The number of fused-ring (bicyclic) bond motifs is 1. The van der Waals surface area contributed by atoms with Crippen molar-refractivity contribution in [3.8, 4) is 0 Å². The molecule has 1 aromatic heterocycles. The van der Waals surface area contributed by atoms with Crippen LogP contribution in [-0.4, -0.2) is 16.9 Å². The number of nitrogens with two attached hydrogens (primary N) is 1. The minimum atomic E-state index is -0.443. The maximum absolute atomic E-state index is 12.1. The number of thiophene rings is 1. The summed E-state index contributed by atoms with van der Waals surface area (Å²) in [5.74, 6) is 0.0272. The Morgan fingerprint density at radius 1 is 1.30 bits per heavy atom. The second-order valence-electron chi connectivity index (χ2n) is 8.34. The molecule has 0 saturated heterocycles. The summed E-state index contributed by atoms with van der Waals surface area (Å²) in [5, 5.41) is 6.62. The van der Waals surface area contributed by atoms with Crippen molar-refractivity contribution in [3.63, 3.8) is 0 Å². The third-order valence-corrected chi connectivity index (χ3v) is 6.60. The Labute approximate surface area is 171 Å². The predicted molar refractivity (Wildman–Crippen MR) is 116 cm³/mol. The minimum absolute atomic E-state index is 0.101. The fraction of sp³-hybridized carbons (Fsp3) is 0.650. The van der Waals surface area contributed by atoms with E-state index in [4.69, 9.17) is 18.0 Å². The van der Waals surface area contributed by atoms with E-state index in [9.17, 15) is 9.59 Å². The number of carbonyl (C=O) groups is 2. The Morgan fingerprint density at radius 3 is 2.59 bits per heavy atom. The number of hydrogen-bond acceptors (Lipinski definition) is 4. The fourth-order valence-electron chi connectivity index (χ4n) is 3.53. The lowest BCUT2D eigenvalue weighted by Crippen LogP contribution is -2.34. The zero-order valence-electron chi connectivity index (χ0n) is 16.7. The maximum atomic E-state index is 12.1. The molecule has 1 atom stereocenters. The number of amides is 2. The van der Waals surface area contributed by atoms with E-state index in [1.807, 2.05) is 0 Å². The van der Waals surface area contributed by atoms with Crippen molar-refractivity contribution >= 4 is 45.5 Å². The van der Waals surface area contributed by atoms with Gasteiger partial charge in [0.15, 0.2) is 5.11 Å². The molecule has 1 aliphatic carbocycles. The molecule has 0 radical (unpaired) electrons. The zero-order chi connectivity index (χ0) is 20.2. The first-order valence-electron chi connectivity index (χ1n) is 9.68. The van der Waals surface area contributed by atoms with E-state index in [1.54, 1.807) is 0 Å². The third-order valence-electron chi connectivity index (χ3n) is 5.22. The minimum Gasteiger partial charge on any atom is -0.365 e. The van der Waals surface area contributed by atoms with E-state index in [0.717, 1.165) is 44.1 Å². The summed E-state index contributed by atoms with van der Waals surface area (Å²) in [4.78, 5) is 25.2. The number of carbonyl (C=O) groups excluding carboxylic acids is 2. The molecule has 0 bridgehead atoms. The Morgan fingerprint density at radius 2 is 2.00 bits per heavy atom. The molecule has 5 nitrogen and oxygen atoms in total. The van der Waals surface area contributed by atoms with Crippen LogP contribution in [0.3, 0.4) is 0 Å². The topological polar surface area (TPSA) is 84.2 Å². The van der Waals surface area contributed by atoms with Gasteiger partial charge in [0.05, 0.1) is 5.56 Å². The summed E-state index contributed by atoms with van der Waals surface area (Å²) < 4.78 is 0. The van der Waals surface area contributed by atoms with Gasteiger partial charge in [0.2, 0.25) is 5.91 Å². The van der Waals surface area contributed by atoms with E-state index >= 15 is 0 Å². The Balaban J connectivity index is 2.11. The molecule has 27 heavy (non-hydrogen) atoms. The van der Waals surface area contributed by atoms with Crippen LogP contribution in [-0.2, 0) is 17.6 Å². The molecule has 0 spiro atoms. The molecule has 1 aromatic rings. The molecular weight excluding hydrogens is 378 g/mol. The first-order chi connectivity index (χ1) is 12.6. The molecule has 1 aliphatic rings. The van der Waals surface area contributed by atoms with Crippen molar-refractivity contribution in [3.05, 3.63) is 16.0 Å². The fourth-order valence-corrected chi connectivity index (χ4v) is 5.15. The van der Waals surface area contributed by atoms with Crippen LogP contribution in [0.4, 0.5) is 5.00 Å². The van der Waals surface area contributed by atoms with Crippen LogP contribution in [0, 0.1) is 11.3 Å². The standard InChI is InChI=1S/C20H31N3O2S2/c1-5-6-7-8-15(24)22-19(26)23-18-16(17(21)25)13-10-9-12(20(2,3)4)11-14(13)27-18/h12H,5-11H2,1-4H3,(H2,21,25)(H2,22,23,24,26)/t12-/m1/s1. The molecule has 0 fully saturated rings. The molecule has 0 unspecified atom stereocenters. The van der Waals surface area contributed by atoms with Crippen molar-refractivity contribution in [1.82, 2.24) is 5.32 Å². The lowest BCUT2D eigenvalue weighted by molar-refractivity contribution is -0.119. The molecular formula is C20H31N3O2S2. The highest BCUT2D eigenvalue weighted by Crippen LogP contribution is 2.44. The van der Waals surface area contributed by atoms with Gasteiger partial charge in [-0.3, -0.25) is 9.59 Å². The number of nitrogens with one attached hydrogen (secondary N) is 2. The summed E-state index contributed by atoms with van der Waals surface area (Å²) >= 11 is 6.81. The Kier molecular flexibility index (Phi) is 7.40. The van der Waals surface area contributed by atoms with Gasteiger partial charge in [-0.25, -0.2) is 0 Å². The van der Waals surface area contributed by atoms with E-state index in [1.165, 1.54) is 16.2 Å². The zero-order valence-corrected chi connectivity index (χ0v) is 18.4.